The van der Waals surface area contributed by atoms with Crippen LogP contribution in [0.4, 0.5) is 5.95 Å². The van der Waals surface area contributed by atoms with Gasteiger partial charge in [-0.05, 0) is 24.3 Å². The number of hydrogen-bond donors (Lipinski definition) is 1. The lowest BCUT2D eigenvalue weighted by Gasteiger charge is -2.05. The average Bonchev–Trinajstić information content (AvgIpc) is 2.65. The quantitative estimate of drug-likeness (QED) is 0.778. The van der Waals surface area contributed by atoms with E-state index in [4.69, 9.17) is 10.5 Å². The zero-order valence-electron chi connectivity index (χ0n) is 7.84. The molecule has 4 nitrogen and oxygen atoms in total. The van der Waals surface area contributed by atoms with Crippen molar-refractivity contribution in [1.82, 2.24) is 9.55 Å². The summed E-state index contributed by atoms with van der Waals surface area (Å²) in [4.78, 5) is 3.95. The molecule has 2 N–H and O–H groups in total. The smallest absolute Gasteiger partial charge is 0.204 e. The van der Waals surface area contributed by atoms with Crippen LogP contribution in [0.1, 0.15) is 0 Å². The number of rotatable bonds is 2. The number of nitrogens with two attached hydrogens (primary N) is 1. The van der Waals surface area contributed by atoms with E-state index in [0.29, 0.717) is 5.95 Å². The van der Waals surface area contributed by atoms with Gasteiger partial charge in [0, 0.05) is 18.1 Å². The van der Waals surface area contributed by atoms with Crippen LogP contribution in [0.15, 0.2) is 36.7 Å². The van der Waals surface area contributed by atoms with Gasteiger partial charge in [-0.15, -0.1) is 0 Å². The minimum atomic E-state index is 0.482. The molecule has 0 amide bonds. The van der Waals surface area contributed by atoms with Gasteiger partial charge >= 0.3 is 0 Å². The molecule has 72 valence electrons. The van der Waals surface area contributed by atoms with Crippen LogP contribution in [0.25, 0.3) is 5.69 Å². The molecule has 0 bridgehead atoms. The largest absolute Gasteiger partial charge is 0.497 e. The van der Waals surface area contributed by atoms with Crippen molar-refractivity contribution in [3.05, 3.63) is 36.7 Å². The SMILES string of the molecule is COc1ccc(-n2ccnc2N)cc1. The standard InChI is InChI=1S/C10H11N3O/c1-14-9-4-2-8(3-5-9)13-7-6-12-10(13)11/h2-7H,1H3,(H2,11,12). The number of nitrogens with zero attached hydrogens (tertiary/aromatic N) is 2. The highest BCUT2D eigenvalue weighted by molar-refractivity contribution is 5.42. The van der Waals surface area contributed by atoms with E-state index in [1.165, 1.54) is 0 Å². The molecule has 0 unspecified atom stereocenters. The molecular weight excluding hydrogens is 178 g/mol. The van der Waals surface area contributed by atoms with Crippen molar-refractivity contribution < 1.29 is 4.74 Å². The summed E-state index contributed by atoms with van der Waals surface area (Å²) >= 11 is 0. The molecule has 2 aromatic rings. The van der Waals surface area contributed by atoms with Crippen LogP contribution in [-0.4, -0.2) is 16.7 Å². The highest BCUT2D eigenvalue weighted by atomic mass is 16.5. The Hall–Kier alpha value is -1.97. The first-order valence-corrected chi connectivity index (χ1v) is 4.24. The summed E-state index contributed by atoms with van der Waals surface area (Å²) in [6.45, 7) is 0. The van der Waals surface area contributed by atoms with Crippen LogP contribution >= 0.6 is 0 Å². The molecule has 0 aliphatic rings. The fourth-order valence-corrected chi connectivity index (χ4v) is 1.28. The molecule has 0 saturated carbocycles. The Kier molecular flexibility index (Phi) is 2.10. The minimum Gasteiger partial charge on any atom is -0.497 e. The third-order valence-electron chi connectivity index (χ3n) is 2.02. The first-order chi connectivity index (χ1) is 6.81. The highest BCUT2D eigenvalue weighted by Gasteiger charge is 2.00. The molecule has 0 spiro atoms. The van der Waals surface area contributed by atoms with Crippen LogP contribution in [-0.2, 0) is 0 Å². The first-order valence-electron chi connectivity index (χ1n) is 4.24. The number of ether oxygens (including phenoxy) is 1. The molecule has 1 aromatic heterocycles. The predicted octanol–water partition coefficient (Wildman–Crippen LogP) is 1.46. The third kappa shape index (κ3) is 1.42. The molecule has 0 radical (unpaired) electrons. The monoisotopic (exact) mass is 189 g/mol. The summed E-state index contributed by atoms with van der Waals surface area (Å²) < 4.78 is 6.87. The zero-order chi connectivity index (χ0) is 9.97. The third-order valence-corrected chi connectivity index (χ3v) is 2.02. The fourth-order valence-electron chi connectivity index (χ4n) is 1.28. The van der Waals surface area contributed by atoms with Crippen molar-refractivity contribution in [3.63, 3.8) is 0 Å². The number of benzene rings is 1. The van der Waals surface area contributed by atoms with E-state index in [0.717, 1.165) is 11.4 Å². The molecule has 2 rings (SSSR count). The number of anilines is 1. The maximum atomic E-state index is 5.66. The highest BCUT2D eigenvalue weighted by Crippen LogP contribution is 2.16. The maximum Gasteiger partial charge on any atom is 0.204 e. The zero-order valence-corrected chi connectivity index (χ0v) is 7.84. The van der Waals surface area contributed by atoms with Gasteiger partial charge in [0.15, 0.2) is 0 Å². The number of imidazole rings is 1. The predicted molar refractivity (Wildman–Crippen MR) is 54.5 cm³/mol. The van der Waals surface area contributed by atoms with Gasteiger partial charge in [-0.3, -0.25) is 4.57 Å². The second-order valence-electron chi connectivity index (χ2n) is 2.85. The summed E-state index contributed by atoms with van der Waals surface area (Å²) in [6.07, 6.45) is 3.48. The molecule has 0 atom stereocenters. The van der Waals surface area contributed by atoms with Gasteiger partial charge in [0.1, 0.15) is 5.75 Å². The van der Waals surface area contributed by atoms with Crippen LogP contribution in [0.5, 0.6) is 5.75 Å². The van der Waals surface area contributed by atoms with Gasteiger partial charge < -0.3 is 10.5 Å². The first kappa shape index (κ1) is 8.62. The Bertz CT molecular complexity index is 419. The number of aromatic nitrogens is 2. The summed E-state index contributed by atoms with van der Waals surface area (Å²) in [7, 11) is 1.64. The summed E-state index contributed by atoms with van der Waals surface area (Å²) in [5, 5.41) is 0. The van der Waals surface area contributed by atoms with E-state index in [9.17, 15) is 0 Å². The van der Waals surface area contributed by atoms with Crippen molar-refractivity contribution >= 4 is 5.95 Å². The maximum absolute atomic E-state index is 5.66. The number of methoxy groups -OCH3 is 1. The lowest BCUT2D eigenvalue weighted by molar-refractivity contribution is 0.415. The summed E-state index contributed by atoms with van der Waals surface area (Å²) in [5.74, 6) is 1.31. The van der Waals surface area contributed by atoms with Crippen molar-refractivity contribution in [3.8, 4) is 11.4 Å². The van der Waals surface area contributed by atoms with Gasteiger partial charge in [0.25, 0.3) is 0 Å². The molecule has 0 saturated heterocycles. The van der Waals surface area contributed by atoms with E-state index < -0.39 is 0 Å². The lowest BCUT2D eigenvalue weighted by atomic mass is 10.3. The Morgan fingerprint density at radius 2 is 2.00 bits per heavy atom. The van der Waals surface area contributed by atoms with E-state index in [2.05, 4.69) is 4.98 Å². The van der Waals surface area contributed by atoms with Crippen molar-refractivity contribution in [2.45, 2.75) is 0 Å². The van der Waals surface area contributed by atoms with Crippen molar-refractivity contribution in [2.75, 3.05) is 12.8 Å². The van der Waals surface area contributed by atoms with Crippen LogP contribution in [0.2, 0.25) is 0 Å². The normalized spacial score (nSPS) is 10.1. The lowest BCUT2D eigenvalue weighted by Crippen LogP contribution is -1.99. The van der Waals surface area contributed by atoms with Gasteiger partial charge in [-0.2, -0.15) is 0 Å². The van der Waals surface area contributed by atoms with E-state index in [1.807, 2.05) is 30.5 Å². The van der Waals surface area contributed by atoms with Crippen LogP contribution in [0, 0.1) is 0 Å². The van der Waals surface area contributed by atoms with Crippen molar-refractivity contribution in [1.29, 1.82) is 0 Å². The van der Waals surface area contributed by atoms with Crippen LogP contribution in [0.3, 0.4) is 0 Å². The Morgan fingerprint density at radius 1 is 1.29 bits per heavy atom. The van der Waals surface area contributed by atoms with Crippen LogP contribution < -0.4 is 10.5 Å². The van der Waals surface area contributed by atoms with Gasteiger partial charge in [-0.1, -0.05) is 0 Å². The molecule has 1 heterocycles. The van der Waals surface area contributed by atoms with E-state index in [-0.39, 0.29) is 0 Å². The Balaban J connectivity index is 2.39. The molecule has 4 heteroatoms. The second-order valence-corrected chi connectivity index (χ2v) is 2.85. The Morgan fingerprint density at radius 3 is 2.50 bits per heavy atom. The van der Waals surface area contributed by atoms with E-state index in [1.54, 1.807) is 17.9 Å². The van der Waals surface area contributed by atoms with Gasteiger partial charge in [-0.25, -0.2) is 4.98 Å². The summed E-state index contributed by atoms with van der Waals surface area (Å²) in [5.41, 5.74) is 6.64. The Labute approximate surface area is 81.9 Å². The van der Waals surface area contributed by atoms with Gasteiger partial charge in [0.05, 0.1) is 7.11 Å². The molecule has 0 aliphatic heterocycles. The van der Waals surface area contributed by atoms with Crippen molar-refractivity contribution in [2.24, 2.45) is 0 Å². The summed E-state index contributed by atoms with van der Waals surface area (Å²) in [6, 6.07) is 7.62. The molecule has 14 heavy (non-hydrogen) atoms. The second kappa shape index (κ2) is 3.41. The fraction of sp³-hybridized carbons (Fsp3) is 0.100. The molecular formula is C10H11N3O. The molecule has 0 aliphatic carbocycles. The average molecular weight is 189 g/mol. The topological polar surface area (TPSA) is 53.1 Å². The van der Waals surface area contributed by atoms with Gasteiger partial charge in [0.2, 0.25) is 5.95 Å². The number of hydrogen-bond acceptors (Lipinski definition) is 3. The van der Waals surface area contributed by atoms with E-state index >= 15 is 0 Å². The molecule has 1 aromatic carbocycles. The number of nitrogen functional groups attached to an aromatic ring is 1. The minimum absolute atomic E-state index is 0.482. The molecule has 0 fully saturated rings.